The molecule has 0 aromatic heterocycles. The summed E-state index contributed by atoms with van der Waals surface area (Å²) in [6.45, 7) is 2.79. The number of carbonyl (C=O) groups is 2. The van der Waals surface area contributed by atoms with E-state index >= 15 is 0 Å². The van der Waals surface area contributed by atoms with Gasteiger partial charge in [-0.1, -0.05) is 87.6 Å². The van der Waals surface area contributed by atoms with Crippen LogP contribution in [0.4, 0.5) is 0 Å². The average Bonchev–Trinajstić information content (AvgIpc) is 2.68. The van der Waals surface area contributed by atoms with Crippen molar-refractivity contribution in [2.24, 2.45) is 0 Å². The normalized spacial score (nSPS) is 10.7. The van der Waals surface area contributed by atoms with E-state index in [1.54, 1.807) is 18.2 Å². The summed E-state index contributed by atoms with van der Waals surface area (Å²) in [5, 5.41) is 0.997. The van der Waals surface area contributed by atoms with Gasteiger partial charge in [0.25, 0.3) is 0 Å². The number of hydrogen-bond donors (Lipinski definition) is 0. The molecule has 0 N–H and O–H groups in total. The van der Waals surface area contributed by atoms with Crippen LogP contribution in [0.2, 0.25) is 10.0 Å². The molecule has 0 saturated carbocycles. The van der Waals surface area contributed by atoms with E-state index in [0.717, 1.165) is 12.8 Å². The van der Waals surface area contributed by atoms with Gasteiger partial charge in [-0.2, -0.15) is 0 Å². The molecule has 0 saturated heterocycles. The maximum absolute atomic E-state index is 11.8. The van der Waals surface area contributed by atoms with Gasteiger partial charge in [-0.25, -0.2) is 0 Å². The second kappa shape index (κ2) is 16.5. The van der Waals surface area contributed by atoms with E-state index in [1.807, 2.05) is 0 Å². The van der Waals surface area contributed by atoms with Crippen molar-refractivity contribution < 1.29 is 19.1 Å². The predicted octanol–water partition coefficient (Wildman–Crippen LogP) is 7.28. The molecule has 1 aromatic carbocycles. The Bertz CT molecular complexity index is 605. The first-order valence-electron chi connectivity index (χ1n) is 10.8. The van der Waals surface area contributed by atoms with E-state index in [9.17, 15) is 9.59 Å². The summed E-state index contributed by atoms with van der Waals surface area (Å²) in [6.07, 6.45) is 11.9. The van der Waals surface area contributed by atoms with Crippen LogP contribution in [0, 0.1) is 0 Å². The molecule has 0 radical (unpaired) electrons. The van der Waals surface area contributed by atoms with Crippen molar-refractivity contribution in [3.05, 3.63) is 33.8 Å². The molecule has 6 heteroatoms. The Morgan fingerprint density at radius 3 is 2.00 bits per heavy atom. The maximum Gasteiger partial charge on any atom is 0.306 e. The molecule has 0 aliphatic carbocycles. The highest BCUT2D eigenvalue weighted by Crippen LogP contribution is 2.21. The van der Waals surface area contributed by atoms with Crippen molar-refractivity contribution in [1.82, 2.24) is 0 Å². The Labute approximate surface area is 185 Å². The van der Waals surface area contributed by atoms with E-state index in [0.29, 0.717) is 28.6 Å². The van der Waals surface area contributed by atoms with Crippen LogP contribution in [0.5, 0.6) is 0 Å². The van der Waals surface area contributed by atoms with E-state index in [1.165, 1.54) is 44.9 Å². The third kappa shape index (κ3) is 13.6. The van der Waals surface area contributed by atoms with Crippen LogP contribution in [0.1, 0.15) is 89.5 Å². The lowest BCUT2D eigenvalue weighted by atomic mass is 10.1. The van der Waals surface area contributed by atoms with Gasteiger partial charge < -0.3 is 9.47 Å². The van der Waals surface area contributed by atoms with Crippen molar-refractivity contribution >= 4 is 35.1 Å². The fraction of sp³-hybridized carbons (Fsp3) is 0.652. The Morgan fingerprint density at radius 1 is 0.793 bits per heavy atom. The first-order valence-corrected chi connectivity index (χ1v) is 11.5. The van der Waals surface area contributed by atoms with E-state index in [4.69, 9.17) is 32.7 Å². The fourth-order valence-electron chi connectivity index (χ4n) is 2.92. The van der Waals surface area contributed by atoms with Gasteiger partial charge in [0.05, 0.1) is 6.61 Å². The summed E-state index contributed by atoms with van der Waals surface area (Å²) < 4.78 is 10.4. The zero-order chi connectivity index (χ0) is 21.3. The SMILES string of the molecule is CCCCCCCCCCCOC(=O)CCCC(=O)OCc1ccc(Cl)cc1Cl. The van der Waals surface area contributed by atoms with Gasteiger partial charge in [-0.15, -0.1) is 0 Å². The molecule has 1 aromatic rings. The minimum Gasteiger partial charge on any atom is -0.466 e. The minimum absolute atomic E-state index is 0.0951. The zero-order valence-corrected chi connectivity index (χ0v) is 19.0. The third-order valence-electron chi connectivity index (χ3n) is 4.68. The van der Waals surface area contributed by atoms with Crippen LogP contribution in [0.25, 0.3) is 0 Å². The van der Waals surface area contributed by atoms with Gasteiger partial charge in [-0.3, -0.25) is 9.59 Å². The van der Waals surface area contributed by atoms with E-state index in [-0.39, 0.29) is 31.4 Å². The quantitative estimate of drug-likeness (QED) is 0.198. The van der Waals surface area contributed by atoms with Crippen molar-refractivity contribution in [3.8, 4) is 0 Å². The number of benzene rings is 1. The zero-order valence-electron chi connectivity index (χ0n) is 17.5. The summed E-state index contributed by atoms with van der Waals surface area (Å²) in [5.41, 5.74) is 0.699. The van der Waals surface area contributed by atoms with Crippen molar-refractivity contribution in [3.63, 3.8) is 0 Å². The van der Waals surface area contributed by atoms with Gasteiger partial charge in [0, 0.05) is 28.5 Å². The standard InChI is InChI=1S/C23H34Cl2O4/c1-2-3-4-5-6-7-8-9-10-16-28-22(26)12-11-13-23(27)29-18-19-14-15-20(24)17-21(19)25/h14-15,17H,2-13,16,18H2,1H3. The number of unbranched alkanes of at least 4 members (excludes halogenated alkanes) is 8. The van der Waals surface area contributed by atoms with Crippen molar-refractivity contribution in [2.45, 2.75) is 90.6 Å². The average molecular weight is 445 g/mol. The lowest BCUT2D eigenvalue weighted by Gasteiger charge is -2.07. The maximum atomic E-state index is 11.8. The number of ether oxygens (including phenoxy) is 2. The van der Waals surface area contributed by atoms with Crippen molar-refractivity contribution in [2.75, 3.05) is 6.61 Å². The van der Waals surface area contributed by atoms with Crippen LogP contribution >= 0.6 is 23.2 Å². The first-order chi connectivity index (χ1) is 14.0. The third-order valence-corrected chi connectivity index (χ3v) is 5.26. The Balaban J connectivity index is 1.97. The van der Waals surface area contributed by atoms with Gasteiger partial charge in [0.15, 0.2) is 0 Å². The lowest BCUT2D eigenvalue weighted by molar-refractivity contribution is -0.146. The number of halogens is 2. The molecule has 4 nitrogen and oxygen atoms in total. The lowest BCUT2D eigenvalue weighted by Crippen LogP contribution is -2.09. The van der Waals surface area contributed by atoms with Crippen LogP contribution in [0.3, 0.4) is 0 Å². The molecule has 1 rings (SSSR count). The van der Waals surface area contributed by atoms with Gasteiger partial charge in [0.1, 0.15) is 6.61 Å². The van der Waals surface area contributed by atoms with Gasteiger partial charge in [-0.05, 0) is 25.0 Å². The second-order valence-electron chi connectivity index (χ2n) is 7.30. The number of carbonyl (C=O) groups excluding carboxylic acids is 2. The number of rotatable bonds is 16. The van der Waals surface area contributed by atoms with E-state index in [2.05, 4.69) is 6.92 Å². The second-order valence-corrected chi connectivity index (χ2v) is 8.14. The molecule has 0 unspecified atom stereocenters. The molecule has 29 heavy (non-hydrogen) atoms. The smallest absolute Gasteiger partial charge is 0.306 e. The van der Waals surface area contributed by atoms with Crippen LogP contribution in [-0.2, 0) is 25.7 Å². The van der Waals surface area contributed by atoms with E-state index < -0.39 is 0 Å². The summed E-state index contributed by atoms with van der Waals surface area (Å²) in [4.78, 5) is 23.5. The summed E-state index contributed by atoms with van der Waals surface area (Å²) >= 11 is 11.9. The van der Waals surface area contributed by atoms with Crippen LogP contribution in [0.15, 0.2) is 18.2 Å². The molecular weight excluding hydrogens is 411 g/mol. The van der Waals surface area contributed by atoms with Crippen LogP contribution < -0.4 is 0 Å². The first kappa shape index (κ1) is 25.8. The van der Waals surface area contributed by atoms with Crippen molar-refractivity contribution in [1.29, 1.82) is 0 Å². The topological polar surface area (TPSA) is 52.6 Å². The molecule has 0 atom stereocenters. The monoisotopic (exact) mass is 444 g/mol. The molecular formula is C23H34Cl2O4. The highest BCUT2D eigenvalue weighted by Gasteiger charge is 2.09. The molecule has 0 heterocycles. The summed E-state index contributed by atoms with van der Waals surface area (Å²) in [6, 6.07) is 5.03. The Hall–Kier alpha value is -1.26. The van der Waals surface area contributed by atoms with Gasteiger partial charge >= 0.3 is 11.9 Å². The summed E-state index contributed by atoms with van der Waals surface area (Å²) in [7, 11) is 0. The molecule has 0 amide bonds. The Morgan fingerprint density at radius 2 is 1.38 bits per heavy atom. The molecule has 0 aliphatic heterocycles. The molecule has 0 aliphatic rings. The molecule has 0 spiro atoms. The summed E-state index contributed by atoms with van der Waals surface area (Å²) in [5.74, 6) is -0.610. The highest BCUT2D eigenvalue weighted by molar-refractivity contribution is 6.35. The molecule has 0 bridgehead atoms. The van der Waals surface area contributed by atoms with Gasteiger partial charge in [0.2, 0.25) is 0 Å². The molecule has 164 valence electrons. The Kier molecular flexibility index (Phi) is 14.7. The van der Waals surface area contributed by atoms with Crippen LogP contribution in [-0.4, -0.2) is 18.5 Å². The fourth-order valence-corrected chi connectivity index (χ4v) is 3.38. The number of hydrogen-bond acceptors (Lipinski definition) is 4. The highest BCUT2D eigenvalue weighted by atomic mass is 35.5. The minimum atomic E-state index is -0.359. The largest absolute Gasteiger partial charge is 0.466 e. The predicted molar refractivity (Wildman–Crippen MR) is 118 cm³/mol. The number of esters is 2. The molecule has 0 fully saturated rings.